The predicted molar refractivity (Wildman–Crippen MR) is 85.3 cm³/mol. The molecule has 2 aromatic carbocycles. The van der Waals surface area contributed by atoms with Gasteiger partial charge in [-0.05, 0) is 48.1 Å². The van der Waals surface area contributed by atoms with E-state index in [4.69, 9.17) is 27.9 Å². The number of aliphatic hydroxyl groups excluding tert-OH is 1. The minimum Gasteiger partial charge on any atom is -0.493 e. The molecule has 0 radical (unpaired) electrons. The van der Waals surface area contributed by atoms with E-state index in [1.807, 2.05) is 18.2 Å². The lowest BCUT2D eigenvalue weighted by atomic mass is 9.86. The van der Waals surface area contributed by atoms with Crippen LogP contribution in [0.5, 0.6) is 5.75 Å². The number of hydrogen-bond acceptors (Lipinski definition) is 2. The number of aliphatic hydroxyl groups is 1. The molecule has 3 rings (SSSR count). The normalized spacial score (nSPS) is 18.7. The Labute approximate surface area is 134 Å². The molecule has 0 bridgehead atoms. The number of fused-ring (bicyclic) bond motifs is 1. The Morgan fingerprint density at radius 2 is 2.00 bits per heavy atom. The van der Waals surface area contributed by atoms with Crippen molar-refractivity contribution in [2.24, 2.45) is 0 Å². The maximum atomic E-state index is 10.5. The highest BCUT2D eigenvalue weighted by Gasteiger charge is 2.25. The van der Waals surface area contributed by atoms with Gasteiger partial charge in [0.1, 0.15) is 5.75 Å². The molecule has 0 amide bonds. The van der Waals surface area contributed by atoms with E-state index in [-0.39, 0.29) is 5.92 Å². The topological polar surface area (TPSA) is 29.5 Å². The quantitative estimate of drug-likeness (QED) is 0.863. The second-order valence-corrected chi connectivity index (χ2v) is 6.13. The van der Waals surface area contributed by atoms with E-state index < -0.39 is 6.10 Å². The highest BCUT2D eigenvalue weighted by atomic mass is 35.5. The maximum absolute atomic E-state index is 10.5. The average molecular weight is 323 g/mol. The summed E-state index contributed by atoms with van der Waals surface area (Å²) in [4.78, 5) is 0. The van der Waals surface area contributed by atoms with Gasteiger partial charge in [-0.1, -0.05) is 47.5 Å². The Hall–Kier alpha value is -1.22. The minimum absolute atomic E-state index is 0.275. The lowest BCUT2D eigenvalue weighted by Crippen LogP contribution is -2.16. The van der Waals surface area contributed by atoms with Crippen molar-refractivity contribution in [1.82, 2.24) is 0 Å². The van der Waals surface area contributed by atoms with Gasteiger partial charge < -0.3 is 9.84 Å². The molecule has 4 heteroatoms. The van der Waals surface area contributed by atoms with Crippen LogP contribution < -0.4 is 4.74 Å². The van der Waals surface area contributed by atoms with Crippen LogP contribution in [0.4, 0.5) is 0 Å². The first-order chi connectivity index (χ1) is 10.1. The molecule has 2 nitrogen and oxygen atoms in total. The Morgan fingerprint density at radius 1 is 1.19 bits per heavy atom. The summed E-state index contributed by atoms with van der Waals surface area (Å²) < 4.78 is 5.66. The van der Waals surface area contributed by atoms with Crippen LogP contribution in [0.1, 0.15) is 36.0 Å². The maximum Gasteiger partial charge on any atom is 0.122 e. The summed E-state index contributed by atoms with van der Waals surface area (Å²) in [6.45, 7) is 0.683. The van der Waals surface area contributed by atoms with Crippen molar-refractivity contribution >= 4 is 23.2 Å². The Morgan fingerprint density at radius 3 is 2.81 bits per heavy atom. The zero-order valence-electron chi connectivity index (χ0n) is 11.4. The molecule has 0 aromatic heterocycles. The van der Waals surface area contributed by atoms with E-state index in [0.717, 1.165) is 23.3 Å². The van der Waals surface area contributed by atoms with Gasteiger partial charge in [0.2, 0.25) is 0 Å². The molecule has 110 valence electrons. The second kappa shape index (κ2) is 6.27. The van der Waals surface area contributed by atoms with E-state index >= 15 is 0 Å². The fraction of sp³-hybridized carbons (Fsp3) is 0.294. The van der Waals surface area contributed by atoms with Crippen molar-refractivity contribution in [3.63, 3.8) is 0 Å². The van der Waals surface area contributed by atoms with Crippen molar-refractivity contribution in [1.29, 1.82) is 0 Å². The van der Waals surface area contributed by atoms with Gasteiger partial charge in [0.05, 0.1) is 12.7 Å². The number of hydrogen-bond donors (Lipinski definition) is 1. The molecule has 0 saturated carbocycles. The fourth-order valence-corrected chi connectivity index (χ4v) is 3.36. The first-order valence-electron chi connectivity index (χ1n) is 7.00. The molecule has 2 unspecified atom stereocenters. The summed E-state index contributed by atoms with van der Waals surface area (Å²) >= 11 is 12.1. The molecule has 1 N–H and O–H groups in total. The van der Waals surface area contributed by atoms with Crippen molar-refractivity contribution in [3.05, 3.63) is 63.6 Å². The minimum atomic E-state index is -0.606. The molecule has 2 atom stereocenters. The summed E-state index contributed by atoms with van der Waals surface area (Å²) in [5.41, 5.74) is 1.89. The zero-order valence-corrected chi connectivity index (χ0v) is 12.9. The van der Waals surface area contributed by atoms with Crippen molar-refractivity contribution in [2.75, 3.05) is 6.61 Å². The van der Waals surface area contributed by atoms with E-state index in [2.05, 4.69) is 6.07 Å². The van der Waals surface area contributed by atoms with Gasteiger partial charge in [0.15, 0.2) is 0 Å². The van der Waals surface area contributed by atoms with E-state index in [1.165, 1.54) is 0 Å². The van der Waals surface area contributed by atoms with Crippen LogP contribution in [0.15, 0.2) is 42.5 Å². The van der Waals surface area contributed by atoms with Gasteiger partial charge in [0.25, 0.3) is 0 Å². The standard InChI is InChI=1S/C17H16Cl2O2/c18-12-5-6-14(15(19)10-12)16(20)9-11-7-8-21-17-4-2-1-3-13(11)17/h1-6,10-11,16,20H,7-9H2. The van der Waals surface area contributed by atoms with Gasteiger partial charge in [-0.15, -0.1) is 0 Å². The molecule has 0 aliphatic carbocycles. The number of ether oxygens (including phenoxy) is 1. The van der Waals surface area contributed by atoms with Crippen molar-refractivity contribution < 1.29 is 9.84 Å². The third-order valence-electron chi connectivity index (χ3n) is 3.91. The monoisotopic (exact) mass is 322 g/mol. The van der Waals surface area contributed by atoms with E-state index in [9.17, 15) is 5.11 Å². The first-order valence-corrected chi connectivity index (χ1v) is 7.75. The number of para-hydroxylation sites is 1. The van der Waals surface area contributed by atoms with E-state index in [1.54, 1.807) is 18.2 Å². The number of halogens is 2. The van der Waals surface area contributed by atoms with Crippen LogP contribution in [0.2, 0.25) is 10.0 Å². The Bertz CT molecular complexity index is 642. The van der Waals surface area contributed by atoms with Gasteiger partial charge in [-0.2, -0.15) is 0 Å². The largest absolute Gasteiger partial charge is 0.493 e. The lowest BCUT2D eigenvalue weighted by Gasteiger charge is -2.27. The average Bonchev–Trinajstić information content (AvgIpc) is 2.47. The van der Waals surface area contributed by atoms with Crippen LogP contribution in [0.25, 0.3) is 0 Å². The predicted octanol–water partition coefficient (Wildman–Crippen LogP) is 4.98. The van der Waals surface area contributed by atoms with Crippen LogP contribution in [-0.4, -0.2) is 11.7 Å². The fourth-order valence-electron chi connectivity index (χ4n) is 2.83. The number of benzene rings is 2. The van der Waals surface area contributed by atoms with Crippen LogP contribution in [0.3, 0.4) is 0 Å². The lowest BCUT2D eigenvalue weighted by molar-refractivity contribution is 0.145. The molecular weight excluding hydrogens is 307 g/mol. The molecule has 1 aliphatic heterocycles. The third-order valence-corrected chi connectivity index (χ3v) is 4.47. The number of rotatable bonds is 3. The zero-order chi connectivity index (χ0) is 14.8. The molecule has 0 spiro atoms. The van der Waals surface area contributed by atoms with E-state index in [0.29, 0.717) is 23.1 Å². The Balaban J connectivity index is 1.81. The summed E-state index contributed by atoms with van der Waals surface area (Å²) in [6, 6.07) is 13.2. The second-order valence-electron chi connectivity index (χ2n) is 5.29. The first kappa shape index (κ1) is 14.7. The summed E-state index contributed by atoms with van der Waals surface area (Å²) in [5.74, 6) is 1.19. The van der Waals surface area contributed by atoms with Crippen LogP contribution in [-0.2, 0) is 0 Å². The van der Waals surface area contributed by atoms with Gasteiger partial charge >= 0.3 is 0 Å². The summed E-state index contributed by atoms with van der Waals surface area (Å²) in [5, 5.41) is 11.6. The molecule has 0 fully saturated rings. The molecule has 0 saturated heterocycles. The molecule has 1 aliphatic rings. The molecule has 1 heterocycles. The third kappa shape index (κ3) is 3.18. The highest BCUT2D eigenvalue weighted by Crippen LogP contribution is 2.40. The molecule has 21 heavy (non-hydrogen) atoms. The van der Waals surface area contributed by atoms with Crippen molar-refractivity contribution in [2.45, 2.75) is 24.9 Å². The van der Waals surface area contributed by atoms with Crippen LogP contribution >= 0.6 is 23.2 Å². The van der Waals surface area contributed by atoms with Gasteiger partial charge in [0, 0.05) is 10.0 Å². The van der Waals surface area contributed by atoms with Crippen molar-refractivity contribution in [3.8, 4) is 5.75 Å². The highest BCUT2D eigenvalue weighted by molar-refractivity contribution is 6.35. The smallest absolute Gasteiger partial charge is 0.122 e. The molecular formula is C17H16Cl2O2. The van der Waals surface area contributed by atoms with Gasteiger partial charge in [-0.3, -0.25) is 0 Å². The Kier molecular flexibility index (Phi) is 4.39. The van der Waals surface area contributed by atoms with Crippen LogP contribution in [0, 0.1) is 0 Å². The summed E-state index contributed by atoms with van der Waals surface area (Å²) in [7, 11) is 0. The SMILES string of the molecule is OC(CC1CCOc2ccccc21)c1ccc(Cl)cc1Cl. The summed E-state index contributed by atoms with van der Waals surface area (Å²) in [6.07, 6.45) is 0.923. The molecule has 2 aromatic rings. The van der Waals surface area contributed by atoms with Gasteiger partial charge in [-0.25, -0.2) is 0 Å².